The highest BCUT2D eigenvalue weighted by Gasteiger charge is 2.10. The van der Waals surface area contributed by atoms with Gasteiger partial charge in [0.05, 0.1) is 0 Å². The predicted octanol–water partition coefficient (Wildman–Crippen LogP) is 1.77. The number of rotatable bonds is 2. The summed E-state index contributed by atoms with van der Waals surface area (Å²) >= 11 is 1.49. The van der Waals surface area contributed by atoms with Crippen LogP contribution < -0.4 is 0 Å². The van der Waals surface area contributed by atoms with E-state index in [9.17, 15) is 4.79 Å². The molecule has 4 heteroatoms. The molecule has 64 valence electrons. The molecular formula is C9H6N2OS. The zero-order valence-corrected chi connectivity index (χ0v) is 7.49. The minimum Gasteiger partial charge on any atom is -0.285 e. The van der Waals surface area contributed by atoms with Crippen molar-refractivity contribution in [2.75, 3.05) is 0 Å². The quantitative estimate of drug-likeness (QED) is 0.678. The number of carbonyl (C=O) groups excluding carboxylic acids is 1. The van der Waals surface area contributed by atoms with Crippen LogP contribution in [0, 0.1) is 0 Å². The maximum atomic E-state index is 11.6. The van der Waals surface area contributed by atoms with E-state index < -0.39 is 0 Å². The first-order valence-corrected chi connectivity index (χ1v) is 4.66. The summed E-state index contributed by atoms with van der Waals surface area (Å²) in [5, 5.41) is 3.65. The fraction of sp³-hybridized carbons (Fsp3) is 0. The van der Waals surface area contributed by atoms with E-state index in [1.165, 1.54) is 11.3 Å². The van der Waals surface area contributed by atoms with E-state index in [-0.39, 0.29) is 11.6 Å². The molecular weight excluding hydrogens is 184 g/mol. The highest BCUT2D eigenvalue weighted by molar-refractivity contribution is 7.08. The van der Waals surface area contributed by atoms with E-state index >= 15 is 0 Å². The molecule has 0 aliphatic heterocycles. The highest BCUT2D eigenvalue weighted by atomic mass is 32.1. The van der Waals surface area contributed by atoms with Crippen molar-refractivity contribution in [3.8, 4) is 0 Å². The lowest BCUT2D eigenvalue weighted by atomic mass is 10.2. The Morgan fingerprint density at radius 1 is 1.31 bits per heavy atom. The average Bonchev–Trinajstić information content (AvgIpc) is 2.71. The van der Waals surface area contributed by atoms with Crippen LogP contribution in [0.3, 0.4) is 0 Å². The van der Waals surface area contributed by atoms with E-state index in [0.717, 1.165) is 0 Å². The molecule has 0 N–H and O–H groups in total. The summed E-state index contributed by atoms with van der Waals surface area (Å²) in [7, 11) is 0. The van der Waals surface area contributed by atoms with Crippen LogP contribution >= 0.6 is 11.3 Å². The average molecular weight is 190 g/mol. The van der Waals surface area contributed by atoms with Crippen molar-refractivity contribution in [1.29, 1.82) is 0 Å². The molecule has 0 radical (unpaired) electrons. The molecule has 2 aromatic heterocycles. The largest absolute Gasteiger partial charge is 0.285 e. The summed E-state index contributed by atoms with van der Waals surface area (Å²) in [6.07, 6.45) is 3.12. The SMILES string of the molecule is O=C(c1ccsc1)c1ncccn1. The molecule has 0 bridgehead atoms. The van der Waals surface area contributed by atoms with Gasteiger partial charge in [0.25, 0.3) is 0 Å². The van der Waals surface area contributed by atoms with Crippen molar-refractivity contribution in [3.63, 3.8) is 0 Å². The highest BCUT2D eigenvalue weighted by Crippen LogP contribution is 2.09. The lowest BCUT2D eigenvalue weighted by Crippen LogP contribution is -2.04. The second-order valence-corrected chi connectivity index (χ2v) is 3.19. The van der Waals surface area contributed by atoms with Crippen LogP contribution in [0.15, 0.2) is 35.3 Å². The van der Waals surface area contributed by atoms with Crippen LogP contribution in [0.4, 0.5) is 0 Å². The molecule has 0 saturated carbocycles. The maximum Gasteiger partial charge on any atom is 0.231 e. The summed E-state index contributed by atoms with van der Waals surface area (Å²) in [5.41, 5.74) is 0.649. The van der Waals surface area contributed by atoms with Gasteiger partial charge in [-0.3, -0.25) is 4.79 Å². The smallest absolute Gasteiger partial charge is 0.231 e. The molecule has 13 heavy (non-hydrogen) atoms. The summed E-state index contributed by atoms with van der Waals surface area (Å²) in [5.74, 6) is 0.128. The van der Waals surface area contributed by atoms with Crippen LogP contribution in [0.25, 0.3) is 0 Å². The van der Waals surface area contributed by atoms with Gasteiger partial charge in [-0.2, -0.15) is 11.3 Å². The normalized spacial score (nSPS) is 9.85. The van der Waals surface area contributed by atoms with E-state index in [2.05, 4.69) is 9.97 Å². The van der Waals surface area contributed by atoms with E-state index in [1.807, 2.05) is 5.38 Å². The van der Waals surface area contributed by atoms with Crippen LogP contribution in [0.1, 0.15) is 16.2 Å². The zero-order chi connectivity index (χ0) is 9.10. The van der Waals surface area contributed by atoms with E-state index in [1.54, 1.807) is 29.9 Å². The summed E-state index contributed by atoms with van der Waals surface area (Å²) < 4.78 is 0. The molecule has 0 fully saturated rings. The van der Waals surface area contributed by atoms with Gasteiger partial charge in [-0.1, -0.05) is 0 Å². The van der Waals surface area contributed by atoms with Gasteiger partial charge in [0, 0.05) is 23.3 Å². The summed E-state index contributed by atoms with van der Waals surface area (Å²) in [6, 6.07) is 3.45. The Hall–Kier alpha value is -1.55. The van der Waals surface area contributed by atoms with Gasteiger partial charge >= 0.3 is 0 Å². The predicted molar refractivity (Wildman–Crippen MR) is 49.8 cm³/mol. The lowest BCUT2D eigenvalue weighted by molar-refractivity contribution is 0.103. The number of aromatic nitrogens is 2. The fourth-order valence-electron chi connectivity index (χ4n) is 0.939. The molecule has 2 rings (SSSR count). The molecule has 0 aliphatic rings. The Labute approximate surface area is 79.1 Å². The maximum absolute atomic E-state index is 11.6. The molecule has 0 atom stereocenters. The number of carbonyl (C=O) groups is 1. The number of ketones is 1. The zero-order valence-electron chi connectivity index (χ0n) is 6.68. The minimum atomic E-state index is -0.123. The van der Waals surface area contributed by atoms with Crippen molar-refractivity contribution in [1.82, 2.24) is 9.97 Å². The third-order valence-electron chi connectivity index (χ3n) is 1.55. The summed E-state index contributed by atoms with van der Waals surface area (Å²) in [6.45, 7) is 0. The van der Waals surface area contributed by atoms with Crippen molar-refractivity contribution < 1.29 is 4.79 Å². The number of nitrogens with zero attached hydrogens (tertiary/aromatic N) is 2. The molecule has 0 saturated heterocycles. The Balaban J connectivity index is 2.34. The first-order valence-electron chi connectivity index (χ1n) is 3.72. The summed E-state index contributed by atoms with van der Waals surface area (Å²) in [4.78, 5) is 19.3. The molecule has 0 unspecified atom stereocenters. The van der Waals surface area contributed by atoms with Gasteiger partial charge in [-0.15, -0.1) is 0 Å². The van der Waals surface area contributed by atoms with Crippen LogP contribution in [0.5, 0.6) is 0 Å². The lowest BCUT2D eigenvalue weighted by Gasteiger charge is -1.93. The van der Waals surface area contributed by atoms with Crippen molar-refractivity contribution in [3.05, 3.63) is 46.7 Å². The molecule has 2 aromatic rings. The van der Waals surface area contributed by atoms with Crippen molar-refractivity contribution in [2.45, 2.75) is 0 Å². The van der Waals surface area contributed by atoms with Gasteiger partial charge in [0.1, 0.15) is 0 Å². The first kappa shape index (κ1) is 8.07. The van der Waals surface area contributed by atoms with Crippen LogP contribution in [-0.4, -0.2) is 15.8 Å². The molecule has 3 nitrogen and oxygen atoms in total. The van der Waals surface area contributed by atoms with Gasteiger partial charge in [0.2, 0.25) is 11.6 Å². The Bertz CT molecular complexity index is 397. The Morgan fingerprint density at radius 2 is 2.08 bits per heavy atom. The number of thiophene rings is 1. The van der Waals surface area contributed by atoms with Gasteiger partial charge < -0.3 is 0 Å². The van der Waals surface area contributed by atoms with Gasteiger partial charge in [-0.25, -0.2) is 9.97 Å². The second kappa shape index (κ2) is 3.45. The fourth-order valence-corrected chi connectivity index (χ4v) is 1.58. The van der Waals surface area contributed by atoms with Gasteiger partial charge in [0.15, 0.2) is 0 Å². The third kappa shape index (κ3) is 1.62. The number of hydrogen-bond donors (Lipinski definition) is 0. The van der Waals surface area contributed by atoms with E-state index in [4.69, 9.17) is 0 Å². The standard InChI is InChI=1S/C9H6N2OS/c12-8(7-2-5-13-6-7)9-10-3-1-4-11-9/h1-6H. The molecule has 0 spiro atoms. The van der Waals surface area contributed by atoms with Crippen LogP contribution in [-0.2, 0) is 0 Å². The van der Waals surface area contributed by atoms with Gasteiger partial charge in [-0.05, 0) is 17.5 Å². The monoisotopic (exact) mass is 190 g/mol. The molecule has 0 aromatic carbocycles. The number of hydrogen-bond acceptors (Lipinski definition) is 4. The molecule has 0 amide bonds. The van der Waals surface area contributed by atoms with Crippen LogP contribution in [0.2, 0.25) is 0 Å². The third-order valence-corrected chi connectivity index (χ3v) is 2.24. The Morgan fingerprint density at radius 3 is 2.69 bits per heavy atom. The van der Waals surface area contributed by atoms with E-state index in [0.29, 0.717) is 5.56 Å². The van der Waals surface area contributed by atoms with Crippen molar-refractivity contribution >= 4 is 17.1 Å². The topological polar surface area (TPSA) is 42.9 Å². The molecule has 2 heterocycles. The first-order chi connectivity index (χ1) is 6.38. The Kier molecular flexibility index (Phi) is 2.14. The molecule has 0 aliphatic carbocycles. The second-order valence-electron chi connectivity index (χ2n) is 2.41. The van der Waals surface area contributed by atoms with Crippen molar-refractivity contribution in [2.24, 2.45) is 0 Å². The minimum absolute atomic E-state index is 0.123.